The summed E-state index contributed by atoms with van der Waals surface area (Å²) in [6, 6.07) is 6.62. The highest BCUT2D eigenvalue weighted by molar-refractivity contribution is 5.92. The second-order valence-corrected chi connectivity index (χ2v) is 8.40. The van der Waals surface area contributed by atoms with Crippen molar-refractivity contribution in [2.24, 2.45) is 5.92 Å². The first-order chi connectivity index (χ1) is 13.7. The van der Waals surface area contributed by atoms with E-state index < -0.39 is 0 Å². The first-order valence-electron chi connectivity index (χ1n) is 10.7. The third-order valence-corrected chi connectivity index (χ3v) is 6.41. The number of nitrogens with zero attached hydrogens (tertiary/aromatic N) is 3. The second-order valence-electron chi connectivity index (χ2n) is 8.40. The van der Waals surface area contributed by atoms with Gasteiger partial charge in [0.05, 0.1) is 6.26 Å². The van der Waals surface area contributed by atoms with Gasteiger partial charge in [-0.1, -0.05) is 18.9 Å². The molecule has 2 aromatic rings. The Labute approximate surface area is 167 Å². The maximum absolute atomic E-state index is 13.2. The van der Waals surface area contributed by atoms with Crippen molar-refractivity contribution in [2.45, 2.75) is 58.0 Å². The van der Waals surface area contributed by atoms with Crippen molar-refractivity contribution in [1.82, 2.24) is 14.8 Å². The van der Waals surface area contributed by atoms with Gasteiger partial charge in [-0.3, -0.25) is 9.78 Å². The van der Waals surface area contributed by atoms with Crippen molar-refractivity contribution >= 4 is 5.91 Å². The summed E-state index contributed by atoms with van der Waals surface area (Å²) in [5, 5.41) is 0. The Morgan fingerprint density at radius 1 is 1.21 bits per heavy atom. The summed E-state index contributed by atoms with van der Waals surface area (Å²) in [4.78, 5) is 22.0. The number of hydrogen-bond acceptors (Lipinski definition) is 4. The van der Waals surface area contributed by atoms with E-state index in [0.29, 0.717) is 18.2 Å². The zero-order valence-corrected chi connectivity index (χ0v) is 16.8. The molecule has 3 heterocycles. The molecule has 1 aliphatic carbocycles. The molecule has 1 saturated heterocycles. The lowest BCUT2D eigenvalue weighted by Crippen LogP contribution is -2.43. The molecule has 1 saturated carbocycles. The predicted molar refractivity (Wildman–Crippen MR) is 109 cm³/mol. The van der Waals surface area contributed by atoms with Crippen LogP contribution in [0, 0.1) is 12.8 Å². The monoisotopic (exact) mass is 381 g/mol. The summed E-state index contributed by atoms with van der Waals surface area (Å²) in [5.74, 6) is 1.01. The number of piperidine rings is 1. The molecule has 5 nitrogen and oxygen atoms in total. The average Bonchev–Trinajstić information content (AvgIpc) is 3.40. The molecule has 0 atom stereocenters. The van der Waals surface area contributed by atoms with E-state index in [1.54, 1.807) is 12.5 Å². The van der Waals surface area contributed by atoms with E-state index in [2.05, 4.69) is 9.88 Å². The van der Waals surface area contributed by atoms with Gasteiger partial charge in [0.15, 0.2) is 5.76 Å². The highest BCUT2D eigenvalue weighted by Gasteiger charge is 2.30. The summed E-state index contributed by atoms with van der Waals surface area (Å²) in [6.45, 7) is 5.63. The Morgan fingerprint density at radius 3 is 2.64 bits per heavy atom. The average molecular weight is 382 g/mol. The van der Waals surface area contributed by atoms with E-state index in [-0.39, 0.29) is 5.91 Å². The summed E-state index contributed by atoms with van der Waals surface area (Å²) < 4.78 is 5.50. The van der Waals surface area contributed by atoms with E-state index in [0.717, 1.165) is 23.7 Å². The Balaban J connectivity index is 1.42. The first-order valence-corrected chi connectivity index (χ1v) is 10.7. The molecule has 0 N–H and O–H groups in total. The fraction of sp³-hybridized carbons (Fsp3) is 0.565. The van der Waals surface area contributed by atoms with Crippen LogP contribution in [0.25, 0.3) is 0 Å². The topological polar surface area (TPSA) is 49.6 Å². The minimum atomic E-state index is -0.00965. The molecule has 0 bridgehead atoms. The van der Waals surface area contributed by atoms with Crippen LogP contribution in [0.1, 0.15) is 60.2 Å². The van der Waals surface area contributed by atoms with Crippen molar-refractivity contribution in [2.75, 3.05) is 19.6 Å². The molecule has 0 aromatic carbocycles. The number of amides is 1. The van der Waals surface area contributed by atoms with E-state index in [4.69, 9.17) is 4.42 Å². The van der Waals surface area contributed by atoms with Gasteiger partial charge in [0.2, 0.25) is 0 Å². The van der Waals surface area contributed by atoms with Crippen LogP contribution in [0.3, 0.4) is 0 Å². The first kappa shape index (κ1) is 19.2. The molecule has 5 heteroatoms. The highest BCUT2D eigenvalue weighted by Crippen LogP contribution is 2.28. The normalized spacial score (nSPS) is 19.2. The van der Waals surface area contributed by atoms with Crippen molar-refractivity contribution in [3.8, 4) is 0 Å². The summed E-state index contributed by atoms with van der Waals surface area (Å²) in [5.41, 5.74) is 1.96. The number of aromatic nitrogens is 1. The van der Waals surface area contributed by atoms with Crippen LogP contribution in [-0.2, 0) is 6.54 Å². The summed E-state index contributed by atoms with van der Waals surface area (Å²) in [6.07, 6.45) is 13.1. The number of carbonyl (C=O) groups is 1. The van der Waals surface area contributed by atoms with Crippen LogP contribution >= 0.6 is 0 Å². The van der Waals surface area contributed by atoms with Crippen LogP contribution < -0.4 is 0 Å². The van der Waals surface area contributed by atoms with Crippen molar-refractivity contribution in [3.63, 3.8) is 0 Å². The largest absolute Gasteiger partial charge is 0.459 e. The zero-order chi connectivity index (χ0) is 19.3. The molecule has 0 radical (unpaired) electrons. The van der Waals surface area contributed by atoms with Crippen LogP contribution in [0.2, 0.25) is 0 Å². The minimum Gasteiger partial charge on any atom is -0.459 e. The molecule has 28 heavy (non-hydrogen) atoms. The molecule has 2 aliphatic rings. The predicted octanol–water partition coefficient (Wildman–Crippen LogP) is 4.28. The SMILES string of the molecule is Cc1ccoc1C(=O)N(Cc1cccnc1)CC1CCN(C2CCCC2)CC1. The van der Waals surface area contributed by atoms with Crippen LogP contribution in [-0.4, -0.2) is 46.4 Å². The van der Waals surface area contributed by atoms with E-state index in [1.807, 2.05) is 36.2 Å². The number of pyridine rings is 1. The fourth-order valence-electron chi connectivity index (χ4n) is 4.75. The minimum absolute atomic E-state index is 0.00965. The molecule has 0 unspecified atom stereocenters. The second kappa shape index (κ2) is 8.91. The van der Waals surface area contributed by atoms with Gasteiger partial charge in [-0.15, -0.1) is 0 Å². The van der Waals surface area contributed by atoms with Gasteiger partial charge >= 0.3 is 0 Å². The van der Waals surface area contributed by atoms with Crippen LogP contribution in [0.15, 0.2) is 41.3 Å². The lowest BCUT2D eigenvalue weighted by molar-refractivity contribution is 0.0619. The quantitative estimate of drug-likeness (QED) is 0.749. The van der Waals surface area contributed by atoms with Gasteiger partial charge < -0.3 is 14.2 Å². The summed E-state index contributed by atoms with van der Waals surface area (Å²) >= 11 is 0. The molecular weight excluding hydrogens is 350 g/mol. The van der Waals surface area contributed by atoms with Crippen molar-refractivity contribution < 1.29 is 9.21 Å². The van der Waals surface area contributed by atoms with Crippen molar-refractivity contribution in [3.05, 3.63) is 53.7 Å². The van der Waals surface area contributed by atoms with Crippen LogP contribution in [0.5, 0.6) is 0 Å². The summed E-state index contributed by atoms with van der Waals surface area (Å²) in [7, 11) is 0. The molecule has 2 fully saturated rings. The highest BCUT2D eigenvalue weighted by atomic mass is 16.3. The van der Waals surface area contributed by atoms with Gasteiger partial charge in [0.25, 0.3) is 5.91 Å². The van der Waals surface area contributed by atoms with Gasteiger partial charge in [0, 0.05) is 37.1 Å². The molecule has 4 rings (SSSR count). The number of hydrogen-bond donors (Lipinski definition) is 0. The maximum atomic E-state index is 13.2. The molecule has 1 aliphatic heterocycles. The van der Waals surface area contributed by atoms with Crippen molar-refractivity contribution in [1.29, 1.82) is 0 Å². The molecule has 0 spiro atoms. The molecule has 150 valence electrons. The number of aryl methyl sites for hydroxylation is 1. The van der Waals surface area contributed by atoms with E-state index >= 15 is 0 Å². The van der Waals surface area contributed by atoms with E-state index in [1.165, 1.54) is 51.6 Å². The lowest BCUT2D eigenvalue weighted by atomic mass is 9.94. The Bertz CT molecular complexity index is 759. The lowest BCUT2D eigenvalue weighted by Gasteiger charge is -2.37. The third kappa shape index (κ3) is 4.46. The van der Waals surface area contributed by atoms with Gasteiger partial charge in [0.1, 0.15) is 0 Å². The van der Waals surface area contributed by atoms with Gasteiger partial charge in [-0.2, -0.15) is 0 Å². The number of likely N-dealkylation sites (tertiary alicyclic amines) is 1. The number of carbonyl (C=O) groups excluding carboxylic acids is 1. The Morgan fingerprint density at radius 2 is 2.00 bits per heavy atom. The molecule has 1 amide bonds. The van der Waals surface area contributed by atoms with Gasteiger partial charge in [-0.25, -0.2) is 0 Å². The number of rotatable bonds is 6. The van der Waals surface area contributed by atoms with E-state index in [9.17, 15) is 4.79 Å². The standard InChI is InChI=1S/C23H31N3O2/c1-18-10-14-28-22(18)23(27)26(17-20-5-4-11-24-15-20)16-19-8-12-25(13-9-19)21-6-2-3-7-21/h4-5,10-11,14-15,19,21H,2-3,6-9,12-13,16-17H2,1H3. The molecule has 2 aromatic heterocycles. The number of furan rings is 1. The maximum Gasteiger partial charge on any atom is 0.290 e. The smallest absolute Gasteiger partial charge is 0.290 e. The fourth-order valence-corrected chi connectivity index (χ4v) is 4.75. The Kier molecular flexibility index (Phi) is 6.10. The molecular formula is C23H31N3O2. The Hall–Kier alpha value is -2.14. The third-order valence-electron chi connectivity index (χ3n) is 6.41. The van der Waals surface area contributed by atoms with Crippen LogP contribution in [0.4, 0.5) is 0 Å². The van der Waals surface area contributed by atoms with Gasteiger partial charge in [-0.05, 0) is 69.3 Å². The zero-order valence-electron chi connectivity index (χ0n) is 16.8.